The van der Waals surface area contributed by atoms with Gasteiger partial charge < -0.3 is 25.2 Å². The predicted molar refractivity (Wildman–Crippen MR) is 116 cm³/mol. The fourth-order valence-corrected chi connectivity index (χ4v) is 4.02. The van der Waals surface area contributed by atoms with Gasteiger partial charge in [-0.1, -0.05) is 42.5 Å². The van der Waals surface area contributed by atoms with Crippen LogP contribution in [0.4, 0.5) is 4.39 Å². The van der Waals surface area contributed by atoms with Crippen LogP contribution in [0.2, 0.25) is 0 Å². The van der Waals surface area contributed by atoms with Gasteiger partial charge >= 0.3 is 0 Å². The third-order valence-electron chi connectivity index (χ3n) is 5.84. The number of hydrogen-bond donors (Lipinski definition) is 4. The summed E-state index contributed by atoms with van der Waals surface area (Å²) in [5.74, 6) is -0.262. The van der Waals surface area contributed by atoms with E-state index in [2.05, 4.69) is 0 Å². The Hall–Kier alpha value is -1.87. The lowest BCUT2D eigenvalue weighted by atomic mass is 9.94. The summed E-state index contributed by atoms with van der Waals surface area (Å²) in [6.07, 6.45) is -0.884. The van der Waals surface area contributed by atoms with Gasteiger partial charge in [0.05, 0.1) is 25.4 Å². The van der Waals surface area contributed by atoms with Gasteiger partial charge in [-0.2, -0.15) is 0 Å². The van der Waals surface area contributed by atoms with Crippen molar-refractivity contribution >= 4 is 0 Å². The van der Waals surface area contributed by atoms with Crippen LogP contribution in [-0.4, -0.2) is 76.0 Å². The van der Waals surface area contributed by atoms with Crippen LogP contribution in [0.5, 0.6) is 0 Å². The summed E-state index contributed by atoms with van der Waals surface area (Å²) in [6, 6.07) is 14.0. The van der Waals surface area contributed by atoms with E-state index in [4.69, 9.17) is 4.74 Å². The Bertz CT molecular complexity index is 806. The zero-order valence-electron chi connectivity index (χ0n) is 17.6. The Morgan fingerprint density at radius 1 is 0.968 bits per heavy atom. The van der Waals surface area contributed by atoms with Crippen LogP contribution in [0.1, 0.15) is 24.8 Å². The van der Waals surface area contributed by atoms with Crippen LogP contribution >= 0.6 is 0 Å². The van der Waals surface area contributed by atoms with Crippen molar-refractivity contribution < 1.29 is 29.6 Å². The molecule has 4 N–H and O–H groups in total. The minimum absolute atomic E-state index is 0.227. The quantitative estimate of drug-likeness (QED) is 0.428. The number of hydrogen-bond acceptors (Lipinski definition) is 6. The van der Waals surface area contributed by atoms with Gasteiger partial charge in [-0.25, -0.2) is 4.39 Å². The van der Waals surface area contributed by atoms with Gasteiger partial charge in [-0.15, -0.1) is 0 Å². The Kier molecular flexibility index (Phi) is 8.95. The molecule has 1 aliphatic heterocycles. The molecule has 0 amide bonds. The van der Waals surface area contributed by atoms with Crippen LogP contribution < -0.4 is 0 Å². The van der Waals surface area contributed by atoms with Gasteiger partial charge in [-0.3, -0.25) is 4.90 Å². The molecule has 3 rings (SSSR count). The highest BCUT2D eigenvalue weighted by atomic mass is 19.1. The molecule has 2 aromatic carbocycles. The van der Waals surface area contributed by atoms with Crippen molar-refractivity contribution in [1.29, 1.82) is 0 Å². The van der Waals surface area contributed by atoms with Crippen molar-refractivity contribution in [1.82, 2.24) is 4.90 Å². The summed E-state index contributed by atoms with van der Waals surface area (Å²) >= 11 is 0. The molecule has 1 fully saturated rings. The lowest BCUT2D eigenvalue weighted by molar-refractivity contribution is -0.145. The minimum Gasteiger partial charge on any atom is -0.395 e. The second-order valence-corrected chi connectivity index (χ2v) is 8.09. The average Bonchev–Trinajstić information content (AvgIpc) is 2.77. The maximum atomic E-state index is 14.4. The smallest absolute Gasteiger partial charge is 0.131 e. The van der Waals surface area contributed by atoms with Crippen molar-refractivity contribution in [2.45, 2.75) is 50.2 Å². The fraction of sp³-hybridized carbons (Fsp3) is 0.500. The van der Waals surface area contributed by atoms with Crippen LogP contribution in [0.15, 0.2) is 48.5 Å². The zero-order chi connectivity index (χ0) is 22.2. The van der Waals surface area contributed by atoms with E-state index in [9.17, 15) is 24.8 Å². The number of halogens is 1. The SMILES string of the molecule is OC[C@@H]1[C@H](O)[C@H](O)[C@@H](O)CN1CCCCCOCc1ccc(-c2ccccc2)c(F)c1. The lowest BCUT2D eigenvalue weighted by Crippen LogP contribution is -2.62. The number of ether oxygens (including phenoxy) is 1. The molecule has 4 atom stereocenters. The molecule has 1 heterocycles. The maximum Gasteiger partial charge on any atom is 0.131 e. The number of likely N-dealkylation sites (tertiary alicyclic amines) is 1. The van der Waals surface area contributed by atoms with Gasteiger partial charge in [0.15, 0.2) is 0 Å². The molecule has 31 heavy (non-hydrogen) atoms. The van der Waals surface area contributed by atoms with E-state index >= 15 is 0 Å². The van der Waals surface area contributed by atoms with E-state index in [0.717, 1.165) is 30.4 Å². The molecule has 0 spiro atoms. The molecule has 0 aliphatic carbocycles. The number of piperidine rings is 1. The van der Waals surface area contributed by atoms with Gasteiger partial charge in [-0.05, 0) is 43.0 Å². The van der Waals surface area contributed by atoms with E-state index in [1.165, 1.54) is 6.07 Å². The fourth-order valence-electron chi connectivity index (χ4n) is 4.02. The number of benzene rings is 2. The molecule has 170 valence electrons. The standard InChI is InChI=1S/C24H32FNO5/c25-20-13-17(9-10-19(20)18-7-3-1-4-8-18)16-31-12-6-2-5-11-26-14-22(28)24(30)23(29)21(26)15-27/h1,3-4,7-10,13,21-24,27-30H,2,5-6,11-12,14-16H2/t21-,22+,23+,24-/m1/s1. The van der Waals surface area contributed by atoms with Crippen molar-refractivity contribution in [3.05, 3.63) is 59.9 Å². The first-order valence-electron chi connectivity index (χ1n) is 10.8. The molecule has 0 bridgehead atoms. The first-order chi connectivity index (χ1) is 15.0. The summed E-state index contributed by atoms with van der Waals surface area (Å²) < 4.78 is 20.1. The number of aliphatic hydroxyl groups is 4. The third kappa shape index (κ3) is 6.32. The van der Waals surface area contributed by atoms with Gasteiger partial charge in [0.1, 0.15) is 18.0 Å². The molecule has 0 saturated carbocycles. The number of nitrogens with zero attached hydrogens (tertiary/aromatic N) is 1. The Morgan fingerprint density at radius 2 is 1.74 bits per heavy atom. The van der Waals surface area contributed by atoms with Crippen molar-refractivity contribution in [2.24, 2.45) is 0 Å². The van der Waals surface area contributed by atoms with E-state index in [0.29, 0.717) is 25.3 Å². The predicted octanol–water partition coefficient (Wildman–Crippen LogP) is 1.94. The summed E-state index contributed by atoms with van der Waals surface area (Å²) in [4.78, 5) is 1.82. The molecule has 0 radical (unpaired) electrons. The lowest BCUT2D eigenvalue weighted by Gasteiger charge is -2.43. The second-order valence-electron chi connectivity index (χ2n) is 8.09. The van der Waals surface area contributed by atoms with E-state index in [-0.39, 0.29) is 19.0 Å². The van der Waals surface area contributed by atoms with Crippen molar-refractivity contribution in [2.75, 3.05) is 26.3 Å². The molecule has 0 aromatic heterocycles. The Morgan fingerprint density at radius 3 is 2.45 bits per heavy atom. The van der Waals surface area contributed by atoms with Crippen LogP contribution in [0, 0.1) is 5.82 Å². The topological polar surface area (TPSA) is 93.4 Å². The average molecular weight is 434 g/mol. The van der Waals surface area contributed by atoms with Crippen molar-refractivity contribution in [3.8, 4) is 11.1 Å². The summed E-state index contributed by atoms with van der Waals surface area (Å²) in [6.45, 7) is 1.47. The largest absolute Gasteiger partial charge is 0.395 e. The number of aliphatic hydroxyl groups excluding tert-OH is 4. The third-order valence-corrected chi connectivity index (χ3v) is 5.84. The highest BCUT2D eigenvalue weighted by Gasteiger charge is 2.40. The molecule has 1 saturated heterocycles. The van der Waals surface area contributed by atoms with E-state index in [1.54, 1.807) is 6.07 Å². The normalized spacial score (nSPS) is 24.4. The van der Waals surface area contributed by atoms with Crippen LogP contribution in [-0.2, 0) is 11.3 Å². The molecule has 6 nitrogen and oxygen atoms in total. The highest BCUT2D eigenvalue weighted by molar-refractivity contribution is 5.64. The van der Waals surface area contributed by atoms with Gasteiger partial charge in [0, 0.05) is 18.7 Å². The highest BCUT2D eigenvalue weighted by Crippen LogP contribution is 2.24. The molecule has 7 heteroatoms. The Balaban J connectivity index is 1.35. The van der Waals surface area contributed by atoms with E-state index in [1.807, 2.05) is 41.3 Å². The summed E-state index contributed by atoms with van der Waals surface area (Å²) in [7, 11) is 0. The first kappa shape index (κ1) is 23.8. The second kappa shape index (κ2) is 11.7. The van der Waals surface area contributed by atoms with Crippen molar-refractivity contribution in [3.63, 3.8) is 0 Å². The molecule has 0 unspecified atom stereocenters. The maximum absolute atomic E-state index is 14.4. The molecular weight excluding hydrogens is 401 g/mol. The van der Waals surface area contributed by atoms with Gasteiger partial charge in [0.25, 0.3) is 0 Å². The van der Waals surface area contributed by atoms with Crippen LogP contribution in [0.25, 0.3) is 11.1 Å². The number of rotatable bonds is 10. The summed E-state index contributed by atoms with van der Waals surface area (Å²) in [5.41, 5.74) is 2.21. The van der Waals surface area contributed by atoms with Crippen LogP contribution in [0.3, 0.4) is 0 Å². The Labute approximate surface area is 182 Å². The summed E-state index contributed by atoms with van der Waals surface area (Å²) in [5, 5.41) is 39.1. The van der Waals surface area contributed by atoms with Gasteiger partial charge in [0.2, 0.25) is 0 Å². The monoisotopic (exact) mass is 433 g/mol. The molecule has 1 aliphatic rings. The molecular formula is C24H32FNO5. The van der Waals surface area contributed by atoms with E-state index < -0.39 is 24.4 Å². The molecule has 2 aromatic rings. The minimum atomic E-state index is -1.23. The zero-order valence-corrected chi connectivity index (χ0v) is 17.6. The number of unbranched alkanes of at least 4 members (excludes halogenated alkanes) is 2. The number of β-amino-alcohol motifs (C(OH)–C–C–N with tert-alkyl or cyclic N) is 1. The first-order valence-corrected chi connectivity index (χ1v) is 10.8.